The Kier molecular flexibility index (Phi) is 4.28. The van der Waals surface area contributed by atoms with Crippen molar-refractivity contribution in [2.45, 2.75) is 39.5 Å². The zero-order valence-electron chi connectivity index (χ0n) is 11.9. The SMILES string of the molecule is CCCCCC1=C(C(C)=O)C(=O)c2ccccc2C1=O. The fourth-order valence-corrected chi connectivity index (χ4v) is 2.59. The van der Waals surface area contributed by atoms with Gasteiger partial charge in [0.2, 0.25) is 0 Å². The van der Waals surface area contributed by atoms with Crippen molar-refractivity contribution in [2.24, 2.45) is 0 Å². The van der Waals surface area contributed by atoms with Crippen LogP contribution < -0.4 is 0 Å². The number of unbranched alkanes of at least 4 members (excludes halogenated alkanes) is 2. The van der Waals surface area contributed by atoms with Crippen molar-refractivity contribution in [3.05, 3.63) is 46.5 Å². The first-order valence-electron chi connectivity index (χ1n) is 7.00. The molecule has 0 aromatic heterocycles. The molecule has 3 nitrogen and oxygen atoms in total. The summed E-state index contributed by atoms with van der Waals surface area (Å²) in [7, 11) is 0. The van der Waals surface area contributed by atoms with E-state index in [1.165, 1.54) is 6.92 Å². The number of benzene rings is 1. The Balaban J connectivity index is 2.48. The maximum absolute atomic E-state index is 12.5. The Hall–Kier alpha value is -2.03. The molecule has 0 N–H and O–H groups in total. The number of hydrogen-bond acceptors (Lipinski definition) is 3. The summed E-state index contributed by atoms with van der Waals surface area (Å²) < 4.78 is 0. The van der Waals surface area contributed by atoms with Crippen molar-refractivity contribution in [1.29, 1.82) is 0 Å². The van der Waals surface area contributed by atoms with Gasteiger partial charge in [0.05, 0.1) is 5.57 Å². The minimum atomic E-state index is -0.315. The largest absolute Gasteiger partial charge is 0.294 e. The highest BCUT2D eigenvalue weighted by Crippen LogP contribution is 2.29. The van der Waals surface area contributed by atoms with Crippen LogP contribution >= 0.6 is 0 Å². The van der Waals surface area contributed by atoms with E-state index in [9.17, 15) is 14.4 Å². The van der Waals surface area contributed by atoms with Gasteiger partial charge in [-0.1, -0.05) is 44.0 Å². The van der Waals surface area contributed by atoms with Crippen molar-refractivity contribution in [1.82, 2.24) is 0 Å². The molecule has 104 valence electrons. The molecule has 1 aromatic rings. The normalized spacial score (nSPS) is 14.5. The molecule has 0 atom stereocenters. The van der Waals surface area contributed by atoms with E-state index in [0.717, 1.165) is 19.3 Å². The van der Waals surface area contributed by atoms with E-state index in [0.29, 0.717) is 23.1 Å². The number of fused-ring (bicyclic) bond motifs is 1. The fraction of sp³-hybridized carbons (Fsp3) is 0.353. The number of allylic oxidation sites excluding steroid dienone is 2. The van der Waals surface area contributed by atoms with Gasteiger partial charge in [0, 0.05) is 16.7 Å². The lowest BCUT2D eigenvalue weighted by Crippen LogP contribution is -2.25. The highest BCUT2D eigenvalue weighted by atomic mass is 16.2. The quantitative estimate of drug-likeness (QED) is 0.607. The number of ketones is 3. The summed E-state index contributed by atoms with van der Waals surface area (Å²) in [5.74, 6) is -0.787. The third-order valence-corrected chi connectivity index (χ3v) is 3.60. The Morgan fingerprint density at radius 2 is 1.60 bits per heavy atom. The van der Waals surface area contributed by atoms with E-state index in [1.54, 1.807) is 24.3 Å². The summed E-state index contributed by atoms with van der Waals surface area (Å²) in [5.41, 5.74) is 1.26. The van der Waals surface area contributed by atoms with E-state index >= 15 is 0 Å². The smallest absolute Gasteiger partial charge is 0.197 e. The van der Waals surface area contributed by atoms with Crippen LogP contribution in [0.4, 0.5) is 0 Å². The molecule has 1 aromatic carbocycles. The van der Waals surface area contributed by atoms with Gasteiger partial charge >= 0.3 is 0 Å². The van der Waals surface area contributed by atoms with Crippen LogP contribution in [-0.2, 0) is 4.79 Å². The molecule has 0 amide bonds. The number of carbonyl (C=O) groups is 3. The molecule has 0 spiro atoms. The minimum Gasteiger partial charge on any atom is -0.294 e. The number of hydrogen-bond donors (Lipinski definition) is 0. The van der Waals surface area contributed by atoms with Gasteiger partial charge in [0.1, 0.15) is 0 Å². The molecule has 2 rings (SSSR count). The Labute approximate surface area is 118 Å². The average Bonchev–Trinajstić information content (AvgIpc) is 2.44. The van der Waals surface area contributed by atoms with Crippen LogP contribution in [0.2, 0.25) is 0 Å². The van der Waals surface area contributed by atoms with Crippen molar-refractivity contribution in [2.75, 3.05) is 0 Å². The van der Waals surface area contributed by atoms with Gasteiger partial charge in [-0.25, -0.2) is 0 Å². The standard InChI is InChI=1S/C17H18O3/c1-3-4-5-10-14-15(11(2)18)17(20)13-9-7-6-8-12(13)16(14)19/h6-9H,3-5,10H2,1-2H3. The van der Waals surface area contributed by atoms with E-state index in [2.05, 4.69) is 6.92 Å². The van der Waals surface area contributed by atoms with Crippen LogP contribution in [-0.4, -0.2) is 17.3 Å². The highest BCUT2D eigenvalue weighted by Gasteiger charge is 2.33. The molecule has 0 unspecified atom stereocenters. The molecule has 0 heterocycles. The van der Waals surface area contributed by atoms with Crippen molar-refractivity contribution in [3.8, 4) is 0 Å². The zero-order valence-corrected chi connectivity index (χ0v) is 11.9. The number of carbonyl (C=O) groups excluding carboxylic acids is 3. The molecule has 1 aliphatic carbocycles. The van der Waals surface area contributed by atoms with Gasteiger partial charge < -0.3 is 0 Å². The molecule has 0 saturated carbocycles. The lowest BCUT2D eigenvalue weighted by molar-refractivity contribution is -0.113. The second kappa shape index (κ2) is 5.95. The highest BCUT2D eigenvalue weighted by molar-refractivity contribution is 6.36. The fourth-order valence-electron chi connectivity index (χ4n) is 2.59. The molecule has 1 aliphatic rings. The van der Waals surface area contributed by atoms with Crippen LogP contribution in [0.1, 0.15) is 60.2 Å². The first-order chi connectivity index (χ1) is 9.57. The third-order valence-electron chi connectivity index (χ3n) is 3.60. The van der Waals surface area contributed by atoms with Gasteiger partial charge in [-0.3, -0.25) is 14.4 Å². The lowest BCUT2D eigenvalue weighted by atomic mass is 9.81. The van der Waals surface area contributed by atoms with Gasteiger partial charge in [-0.05, 0) is 19.8 Å². The molecule has 0 bridgehead atoms. The van der Waals surface area contributed by atoms with Gasteiger partial charge in [0.25, 0.3) is 0 Å². The number of Topliss-reactive ketones (excluding diaryl/α,β-unsaturated/α-hetero) is 3. The van der Waals surface area contributed by atoms with E-state index in [1.807, 2.05) is 0 Å². The van der Waals surface area contributed by atoms with Gasteiger partial charge in [-0.15, -0.1) is 0 Å². The summed E-state index contributed by atoms with van der Waals surface area (Å²) in [5, 5.41) is 0. The summed E-state index contributed by atoms with van der Waals surface area (Å²) in [6, 6.07) is 6.73. The molecule has 0 radical (unpaired) electrons. The predicted molar refractivity (Wildman–Crippen MR) is 77.0 cm³/mol. The summed E-state index contributed by atoms with van der Waals surface area (Å²) in [6.45, 7) is 3.43. The second-order valence-electron chi connectivity index (χ2n) is 5.07. The van der Waals surface area contributed by atoms with Crippen LogP contribution in [0.5, 0.6) is 0 Å². The average molecular weight is 270 g/mol. The Morgan fingerprint density at radius 1 is 1.00 bits per heavy atom. The zero-order chi connectivity index (χ0) is 14.7. The molecular formula is C17H18O3. The Bertz CT molecular complexity index is 608. The first-order valence-corrected chi connectivity index (χ1v) is 7.00. The molecule has 0 aliphatic heterocycles. The van der Waals surface area contributed by atoms with E-state index < -0.39 is 0 Å². The van der Waals surface area contributed by atoms with Gasteiger partial charge in [0.15, 0.2) is 17.3 Å². The molecule has 20 heavy (non-hydrogen) atoms. The molecule has 0 fully saturated rings. The summed E-state index contributed by atoms with van der Waals surface area (Å²) in [4.78, 5) is 36.7. The van der Waals surface area contributed by atoms with Crippen LogP contribution in [0.3, 0.4) is 0 Å². The first kappa shape index (κ1) is 14.4. The molecular weight excluding hydrogens is 252 g/mol. The minimum absolute atomic E-state index is 0.0878. The molecule has 0 saturated heterocycles. The maximum atomic E-state index is 12.5. The van der Waals surface area contributed by atoms with E-state index in [4.69, 9.17) is 0 Å². The van der Waals surface area contributed by atoms with Crippen molar-refractivity contribution < 1.29 is 14.4 Å². The van der Waals surface area contributed by atoms with Crippen LogP contribution in [0.15, 0.2) is 35.4 Å². The second-order valence-corrected chi connectivity index (χ2v) is 5.07. The maximum Gasteiger partial charge on any atom is 0.197 e. The Morgan fingerprint density at radius 3 is 2.15 bits per heavy atom. The van der Waals surface area contributed by atoms with Gasteiger partial charge in [-0.2, -0.15) is 0 Å². The summed E-state index contributed by atoms with van der Waals surface area (Å²) in [6.07, 6.45) is 3.34. The van der Waals surface area contributed by atoms with Crippen LogP contribution in [0, 0.1) is 0 Å². The summed E-state index contributed by atoms with van der Waals surface area (Å²) >= 11 is 0. The number of rotatable bonds is 5. The topological polar surface area (TPSA) is 51.2 Å². The van der Waals surface area contributed by atoms with E-state index in [-0.39, 0.29) is 22.9 Å². The van der Waals surface area contributed by atoms with Crippen molar-refractivity contribution in [3.63, 3.8) is 0 Å². The molecule has 3 heteroatoms. The van der Waals surface area contributed by atoms with Crippen LogP contribution in [0.25, 0.3) is 0 Å². The predicted octanol–water partition coefficient (Wildman–Crippen LogP) is 3.53. The third kappa shape index (κ3) is 2.48. The van der Waals surface area contributed by atoms with Crippen molar-refractivity contribution >= 4 is 17.3 Å². The lowest BCUT2D eigenvalue weighted by Gasteiger charge is -2.19. The monoisotopic (exact) mass is 270 g/mol.